The molecule has 0 unspecified atom stereocenters. The quantitative estimate of drug-likeness (QED) is 0.418. The van der Waals surface area contributed by atoms with Gasteiger partial charge >= 0.3 is 11.7 Å². The van der Waals surface area contributed by atoms with Gasteiger partial charge in [-0.3, -0.25) is 4.79 Å². The molecule has 0 aliphatic heterocycles. The Morgan fingerprint density at radius 3 is 2.52 bits per heavy atom. The molecule has 0 N–H and O–H groups in total. The van der Waals surface area contributed by atoms with E-state index >= 15 is 0 Å². The molecule has 0 saturated heterocycles. The van der Waals surface area contributed by atoms with E-state index in [1.165, 1.54) is 5.56 Å². The smallest absolute Gasteiger partial charge is 0.437 e. The lowest BCUT2D eigenvalue weighted by Crippen LogP contribution is -2.23. The van der Waals surface area contributed by atoms with Crippen molar-refractivity contribution in [1.82, 2.24) is 19.9 Å². The standard InChI is InChI=1S/C22H20N4O5/c1-14(2)15-8-10-16(11-9-15)20-23-18(31-25-20)13-29-19(27)12-26-22(28)30-21(24-26)17-6-4-3-5-7-17/h3-11,14H,12-13H2,1-2H3. The van der Waals surface area contributed by atoms with Crippen molar-refractivity contribution >= 4 is 5.97 Å². The summed E-state index contributed by atoms with van der Waals surface area (Å²) in [4.78, 5) is 28.3. The van der Waals surface area contributed by atoms with Gasteiger partial charge in [0.1, 0.15) is 6.54 Å². The molecule has 0 aliphatic rings. The monoisotopic (exact) mass is 420 g/mol. The highest BCUT2D eigenvalue weighted by Gasteiger charge is 2.16. The summed E-state index contributed by atoms with van der Waals surface area (Å²) >= 11 is 0. The first-order valence-corrected chi connectivity index (χ1v) is 9.71. The molecule has 4 rings (SSSR count). The Bertz CT molecular complexity index is 1220. The molecule has 158 valence electrons. The molecular weight excluding hydrogens is 400 g/mol. The normalized spacial score (nSPS) is 11.1. The van der Waals surface area contributed by atoms with Crippen molar-refractivity contribution in [1.29, 1.82) is 0 Å². The van der Waals surface area contributed by atoms with Crippen molar-refractivity contribution in [3.8, 4) is 22.8 Å². The fourth-order valence-corrected chi connectivity index (χ4v) is 2.86. The fourth-order valence-electron chi connectivity index (χ4n) is 2.86. The third-order valence-corrected chi connectivity index (χ3v) is 4.57. The van der Waals surface area contributed by atoms with E-state index in [4.69, 9.17) is 13.7 Å². The Labute approximate surface area is 177 Å². The zero-order valence-corrected chi connectivity index (χ0v) is 17.0. The minimum absolute atomic E-state index is 0.128. The van der Waals surface area contributed by atoms with Gasteiger partial charge in [-0.05, 0) is 23.6 Å². The van der Waals surface area contributed by atoms with E-state index < -0.39 is 18.3 Å². The van der Waals surface area contributed by atoms with Crippen molar-refractivity contribution in [2.45, 2.75) is 32.9 Å². The molecule has 31 heavy (non-hydrogen) atoms. The Hall–Kier alpha value is -4.01. The van der Waals surface area contributed by atoms with Crippen molar-refractivity contribution in [3.63, 3.8) is 0 Å². The summed E-state index contributed by atoms with van der Waals surface area (Å²) in [7, 11) is 0. The number of nitrogens with zero attached hydrogens (tertiary/aromatic N) is 4. The van der Waals surface area contributed by atoms with Gasteiger partial charge in [-0.1, -0.05) is 61.5 Å². The van der Waals surface area contributed by atoms with Gasteiger partial charge in [0.05, 0.1) is 0 Å². The minimum Gasteiger partial charge on any atom is -0.454 e. The molecule has 0 spiro atoms. The Kier molecular flexibility index (Phi) is 5.74. The first-order chi connectivity index (χ1) is 15.0. The van der Waals surface area contributed by atoms with Crippen LogP contribution in [0.1, 0.15) is 31.2 Å². The van der Waals surface area contributed by atoms with Gasteiger partial charge in [-0.15, -0.1) is 5.10 Å². The predicted molar refractivity (Wildman–Crippen MR) is 110 cm³/mol. The molecule has 2 heterocycles. The van der Waals surface area contributed by atoms with Gasteiger partial charge in [0.15, 0.2) is 6.61 Å². The Morgan fingerprint density at radius 1 is 1.06 bits per heavy atom. The second kappa shape index (κ2) is 8.78. The zero-order chi connectivity index (χ0) is 21.8. The molecule has 0 radical (unpaired) electrons. The molecule has 0 atom stereocenters. The second-order valence-corrected chi connectivity index (χ2v) is 7.15. The number of rotatable bonds is 7. The molecule has 9 heteroatoms. The van der Waals surface area contributed by atoms with Crippen LogP contribution in [0.5, 0.6) is 0 Å². The van der Waals surface area contributed by atoms with Crippen LogP contribution < -0.4 is 5.76 Å². The number of hydrogen-bond donors (Lipinski definition) is 0. The van der Waals surface area contributed by atoms with Gasteiger partial charge in [0, 0.05) is 11.1 Å². The Morgan fingerprint density at radius 2 is 1.81 bits per heavy atom. The number of carbonyl (C=O) groups excluding carboxylic acids is 1. The van der Waals surface area contributed by atoms with Crippen molar-refractivity contribution in [3.05, 3.63) is 76.6 Å². The average molecular weight is 420 g/mol. The number of esters is 1. The van der Waals surface area contributed by atoms with Crippen LogP contribution in [-0.4, -0.2) is 25.9 Å². The van der Waals surface area contributed by atoms with E-state index in [1.807, 2.05) is 30.3 Å². The molecule has 0 amide bonds. The van der Waals surface area contributed by atoms with Gasteiger partial charge in [-0.25, -0.2) is 4.79 Å². The summed E-state index contributed by atoms with van der Waals surface area (Å²) in [5, 5.41) is 7.94. The van der Waals surface area contributed by atoms with E-state index in [2.05, 4.69) is 29.1 Å². The largest absolute Gasteiger partial charge is 0.454 e. The van der Waals surface area contributed by atoms with Gasteiger partial charge < -0.3 is 13.7 Å². The summed E-state index contributed by atoms with van der Waals surface area (Å²) in [6.07, 6.45) is 0. The lowest BCUT2D eigenvalue weighted by Gasteiger charge is -2.04. The highest BCUT2D eigenvalue weighted by molar-refractivity contribution is 5.69. The summed E-state index contributed by atoms with van der Waals surface area (Å²) < 4.78 is 16.3. The number of carbonyl (C=O) groups is 1. The minimum atomic E-state index is -0.749. The maximum absolute atomic E-state index is 12.1. The van der Waals surface area contributed by atoms with Crippen molar-refractivity contribution in [2.75, 3.05) is 0 Å². The van der Waals surface area contributed by atoms with Crippen LogP contribution in [0.15, 0.2) is 68.3 Å². The summed E-state index contributed by atoms with van der Waals surface area (Å²) in [5.74, 6) is -0.328. The van der Waals surface area contributed by atoms with E-state index in [0.29, 0.717) is 17.3 Å². The maximum atomic E-state index is 12.1. The molecule has 0 aliphatic carbocycles. The Balaban J connectivity index is 1.36. The molecule has 0 bridgehead atoms. The van der Waals surface area contributed by atoms with Gasteiger partial charge in [-0.2, -0.15) is 9.67 Å². The highest BCUT2D eigenvalue weighted by Crippen LogP contribution is 2.20. The van der Waals surface area contributed by atoms with Crippen LogP contribution >= 0.6 is 0 Å². The molecule has 9 nitrogen and oxygen atoms in total. The van der Waals surface area contributed by atoms with Gasteiger partial charge in [0.2, 0.25) is 11.7 Å². The summed E-state index contributed by atoms with van der Waals surface area (Å²) in [5.41, 5.74) is 2.64. The highest BCUT2D eigenvalue weighted by atomic mass is 16.6. The SMILES string of the molecule is CC(C)c1ccc(-c2noc(COC(=O)Cn3nc(-c4ccccc4)oc3=O)n2)cc1. The summed E-state index contributed by atoms with van der Waals surface area (Å²) in [6, 6.07) is 16.8. The number of benzene rings is 2. The van der Waals surface area contributed by atoms with Crippen LogP contribution in [0.2, 0.25) is 0 Å². The zero-order valence-electron chi connectivity index (χ0n) is 17.0. The van der Waals surface area contributed by atoms with Crippen molar-refractivity contribution in [2.24, 2.45) is 0 Å². The third-order valence-electron chi connectivity index (χ3n) is 4.57. The lowest BCUT2D eigenvalue weighted by atomic mass is 10.0. The molecule has 2 aromatic carbocycles. The number of ether oxygens (including phenoxy) is 1. The van der Waals surface area contributed by atoms with E-state index in [9.17, 15) is 9.59 Å². The maximum Gasteiger partial charge on any atom is 0.437 e. The third kappa shape index (κ3) is 4.77. The molecule has 4 aromatic rings. The molecular formula is C22H20N4O5. The van der Waals surface area contributed by atoms with Crippen LogP contribution in [0.3, 0.4) is 0 Å². The van der Waals surface area contributed by atoms with E-state index in [0.717, 1.165) is 10.2 Å². The molecule has 0 saturated carbocycles. The van der Waals surface area contributed by atoms with E-state index in [1.54, 1.807) is 24.3 Å². The van der Waals surface area contributed by atoms with Crippen LogP contribution in [0.4, 0.5) is 0 Å². The molecule has 2 aromatic heterocycles. The second-order valence-electron chi connectivity index (χ2n) is 7.15. The fraction of sp³-hybridized carbons (Fsp3) is 0.227. The molecule has 0 fully saturated rings. The van der Waals surface area contributed by atoms with Crippen LogP contribution in [-0.2, 0) is 22.7 Å². The lowest BCUT2D eigenvalue weighted by molar-refractivity contribution is -0.146. The first-order valence-electron chi connectivity index (χ1n) is 9.71. The van der Waals surface area contributed by atoms with Crippen LogP contribution in [0, 0.1) is 0 Å². The van der Waals surface area contributed by atoms with Crippen molar-refractivity contribution < 1.29 is 18.5 Å². The first kappa shape index (κ1) is 20.3. The van der Waals surface area contributed by atoms with E-state index in [-0.39, 0.29) is 18.4 Å². The number of hydrogen-bond acceptors (Lipinski definition) is 8. The topological polar surface area (TPSA) is 113 Å². The summed E-state index contributed by atoms with van der Waals surface area (Å²) in [6.45, 7) is 3.62. The van der Waals surface area contributed by atoms with Gasteiger partial charge in [0.25, 0.3) is 5.89 Å². The number of aromatic nitrogens is 4. The predicted octanol–water partition coefficient (Wildman–Crippen LogP) is 3.42. The average Bonchev–Trinajstić information content (AvgIpc) is 3.40. The van der Waals surface area contributed by atoms with Crippen LogP contribution in [0.25, 0.3) is 22.8 Å².